The average Bonchev–Trinajstić information content (AvgIpc) is 3.41. The van der Waals surface area contributed by atoms with Crippen LogP contribution in [0.1, 0.15) is 71.1 Å². The molecule has 220 valence electrons. The zero-order valence-corrected chi connectivity index (χ0v) is 25.5. The van der Waals surface area contributed by atoms with E-state index in [-0.39, 0.29) is 28.3 Å². The molecule has 42 heavy (non-hydrogen) atoms. The summed E-state index contributed by atoms with van der Waals surface area (Å²) < 4.78 is 33.6. The molecule has 4 rings (SSSR count). The van der Waals surface area contributed by atoms with Gasteiger partial charge in [0.1, 0.15) is 5.69 Å². The van der Waals surface area contributed by atoms with Crippen LogP contribution in [0.2, 0.25) is 0 Å². The fourth-order valence-electron chi connectivity index (χ4n) is 4.45. The standard InChI is InChI=1S/C31H35N5O5S/c1-19-13-14-22(15-27(19)36-18-26(33-35-36)28(37)20(2)21-11-9-8-10-12-21)30(38)32-24-16-23(31(3,4)5)17-25(29(24)41-6)34-42(7,39)40/h8-18,20,34H,1-7H3,(H,32,38)/t20-/m1/s1. The molecule has 1 atom stereocenters. The first-order chi connectivity index (χ1) is 19.7. The van der Waals surface area contributed by atoms with E-state index >= 15 is 0 Å². The molecule has 0 unspecified atom stereocenters. The number of methoxy groups -OCH3 is 1. The highest BCUT2D eigenvalue weighted by Crippen LogP contribution is 2.39. The van der Waals surface area contributed by atoms with Gasteiger partial charge in [0.2, 0.25) is 10.0 Å². The van der Waals surface area contributed by atoms with Crippen LogP contribution in [0.3, 0.4) is 0 Å². The molecule has 11 heteroatoms. The first-order valence-corrected chi connectivity index (χ1v) is 15.2. The van der Waals surface area contributed by atoms with Crippen molar-refractivity contribution in [2.24, 2.45) is 0 Å². The second-order valence-electron chi connectivity index (χ2n) is 11.2. The van der Waals surface area contributed by atoms with Gasteiger partial charge in [0.25, 0.3) is 5.91 Å². The fourth-order valence-corrected chi connectivity index (χ4v) is 5.00. The number of hydrogen-bond acceptors (Lipinski definition) is 7. The number of aryl methyl sites for hydroxylation is 1. The molecular weight excluding hydrogens is 554 g/mol. The van der Waals surface area contributed by atoms with Crippen molar-refractivity contribution in [3.8, 4) is 11.4 Å². The molecule has 0 bridgehead atoms. The third-order valence-corrected chi connectivity index (χ3v) is 7.45. The molecule has 1 aromatic heterocycles. The van der Waals surface area contributed by atoms with Gasteiger partial charge in [-0.2, -0.15) is 0 Å². The topological polar surface area (TPSA) is 132 Å². The van der Waals surface area contributed by atoms with Crippen molar-refractivity contribution in [2.45, 2.75) is 46.0 Å². The third-order valence-electron chi connectivity index (χ3n) is 6.86. The summed E-state index contributed by atoms with van der Waals surface area (Å²) >= 11 is 0. The van der Waals surface area contributed by atoms with Crippen LogP contribution < -0.4 is 14.8 Å². The number of carbonyl (C=O) groups excluding carboxylic acids is 2. The minimum atomic E-state index is -3.62. The van der Waals surface area contributed by atoms with E-state index in [9.17, 15) is 18.0 Å². The lowest BCUT2D eigenvalue weighted by Crippen LogP contribution is -2.18. The smallest absolute Gasteiger partial charge is 0.255 e. The zero-order chi connectivity index (χ0) is 30.8. The molecule has 0 aliphatic carbocycles. The van der Waals surface area contributed by atoms with Gasteiger partial charge in [0.15, 0.2) is 11.5 Å². The van der Waals surface area contributed by atoms with Crippen LogP contribution in [0.4, 0.5) is 11.4 Å². The Kier molecular flexibility index (Phi) is 8.53. The number of hydrogen-bond donors (Lipinski definition) is 2. The lowest BCUT2D eigenvalue weighted by Gasteiger charge is -2.24. The van der Waals surface area contributed by atoms with Crippen LogP contribution in [0.15, 0.2) is 66.9 Å². The second kappa shape index (κ2) is 11.8. The summed E-state index contributed by atoms with van der Waals surface area (Å²) in [5, 5.41) is 11.1. The lowest BCUT2D eigenvalue weighted by atomic mass is 9.86. The third kappa shape index (κ3) is 6.85. The van der Waals surface area contributed by atoms with Gasteiger partial charge < -0.3 is 10.1 Å². The van der Waals surface area contributed by atoms with Gasteiger partial charge in [-0.05, 0) is 53.3 Å². The predicted octanol–water partition coefficient (Wildman–Crippen LogP) is 5.49. The molecule has 0 spiro atoms. The highest BCUT2D eigenvalue weighted by Gasteiger charge is 2.24. The molecule has 10 nitrogen and oxygen atoms in total. The van der Waals surface area contributed by atoms with E-state index in [1.807, 2.05) is 65.0 Å². The summed E-state index contributed by atoms with van der Waals surface area (Å²) in [6, 6.07) is 18.0. The van der Waals surface area contributed by atoms with Gasteiger partial charge in [0.05, 0.1) is 36.6 Å². The Morgan fingerprint density at radius 3 is 2.29 bits per heavy atom. The molecule has 1 amide bonds. The normalized spacial score (nSPS) is 12.5. The number of sulfonamides is 1. The minimum absolute atomic E-state index is 0.164. The van der Waals surface area contributed by atoms with Crippen molar-refractivity contribution >= 4 is 33.1 Å². The summed E-state index contributed by atoms with van der Waals surface area (Å²) in [5.41, 5.74) is 3.79. The molecular formula is C31H35N5O5S. The Labute approximate surface area is 246 Å². The molecule has 0 radical (unpaired) electrons. The largest absolute Gasteiger partial charge is 0.492 e. The summed E-state index contributed by atoms with van der Waals surface area (Å²) in [6.07, 6.45) is 2.61. The number of ether oxygens (including phenoxy) is 1. The van der Waals surface area contributed by atoms with E-state index in [2.05, 4.69) is 20.4 Å². The van der Waals surface area contributed by atoms with Crippen molar-refractivity contribution in [3.63, 3.8) is 0 Å². The molecule has 0 aliphatic heterocycles. The average molecular weight is 590 g/mol. The van der Waals surface area contributed by atoms with Crippen molar-refractivity contribution in [1.82, 2.24) is 15.0 Å². The Morgan fingerprint density at radius 1 is 1.00 bits per heavy atom. The van der Waals surface area contributed by atoms with Crippen LogP contribution in [0, 0.1) is 6.92 Å². The summed E-state index contributed by atoms with van der Waals surface area (Å²) in [5.74, 6) is -0.820. The van der Waals surface area contributed by atoms with Crippen molar-refractivity contribution in [2.75, 3.05) is 23.4 Å². The highest BCUT2D eigenvalue weighted by molar-refractivity contribution is 7.92. The SMILES string of the molecule is COc1c(NC(=O)c2ccc(C)c(-n3cc(C(=O)[C@H](C)c4ccccc4)nn3)c2)cc(C(C)(C)C)cc1NS(C)(=O)=O. The quantitative estimate of drug-likeness (QED) is 0.247. The van der Waals surface area contributed by atoms with E-state index in [1.165, 1.54) is 11.8 Å². The zero-order valence-electron chi connectivity index (χ0n) is 24.7. The van der Waals surface area contributed by atoms with Crippen molar-refractivity contribution < 1.29 is 22.7 Å². The first kappa shape index (κ1) is 30.4. The van der Waals surface area contributed by atoms with Gasteiger partial charge in [-0.1, -0.05) is 69.3 Å². The number of ketones is 1. The van der Waals surface area contributed by atoms with Gasteiger partial charge in [-0.3, -0.25) is 14.3 Å². The van der Waals surface area contributed by atoms with Crippen LogP contribution in [-0.2, 0) is 15.4 Å². The maximum absolute atomic E-state index is 13.5. The molecule has 1 heterocycles. The molecule has 3 aromatic carbocycles. The molecule has 0 saturated heterocycles. The Morgan fingerprint density at radius 2 is 1.67 bits per heavy atom. The minimum Gasteiger partial charge on any atom is -0.492 e. The molecule has 0 aliphatic rings. The van der Waals surface area contributed by atoms with E-state index < -0.39 is 21.8 Å². The van der Waals surface area contributed by atoms with E-state index in [0.717, 1.165) is 22.9 Å². The maximum Gasteiger partial charge on any atom is 0.255 e. The highest BCUT2D eigenvalue weighted by atomic mass is 32.2. The van der Waals surface area contributed by atoms with E-state index in [4.69, 9.17) is 4.74 Å². The van der Waals surface area contributed by atoms with Gasteiger partial charge >= 0.3 is 0 Å². The molecule has 4 aromatic rings. The number of anilines is 2. The molecule has 0 saturated carbocycles. The number of amides is 1. The number of nitrogens with zero attached hydrogens (tertiary/aromatic N) is 3. The Bertz CT molecular complexity index is 1740. The van der Waals surface area contributed by atoms with Crippen LogP contribution in [0.5, 0.6) is 5.75 Å². The van der Waals surface area contributed by atoms with E-state index in [0.29, 0.717) is 16.9 Å². The van der Waals surface area contributed by atoms with Crippen molar-refractivity contribution in [1.29, 1.82) is 0 Å². The lowest BCUT2D eigenvalue weighted by molar-refractivity contribution is 0.0960. The fraction of sp³-hybridized carbons (Fsp3) is 0.290. The Balaban J connectivity index is 1.66. The monoisotopic (exact) mass is 589 g/mol. The van der Waals surface area contributed by atoms with Crippen LogP contribution in [0.25, 0.3) is 5.69 Å². The first-order valence-electron chi connectivity index (χ1n) is 13.3. The number of rotatable bonds is 9. The summed E-state index contributed by atoms with van der Waals surface area (Å²) in [7, 11) is -2.21. The number of benzene rings is 3. The summed E-state index contributed by atoms with van der Waals surface area (Å²) in [4.78, 5) is 26.6. The number of aromatic nitrogens is 3. The van der Waals surface area contributed by atoms with Gasteiger partial charge in [-0.25, -0.2) is 13.1 Å². The maximum atomic E-state index is 13.5. The van der Waals surface area contributed by atoms with Gasteiger partial charge in [-0.15, -0.1) is 5.10 Å². The van der Waals surface area contributed by atoms with Crippen LogP contribution in [-0.4, -0.2) is 48.5 Å². The molecule has 0 fully saturated rings. The summed E-state index contributed by atoms with van der Waals surface area (Å²) in [6.45, 7) is 9.64. The number of nitrogens with one attached hydrogen (secondary N) is 2. The number of Topliss-reactive ketones (excluding diaryl/α,β-unsaturated/α-hetero) is 1. The van der Waals surface area contributed by atoms with Crippen LogP contribution >= 0.6 is 0 Å². The molecule has 2 N–H and O–H groups in total. The van der Waals surface area contributed by atoms with Gasteiger partial charge in [0, 0.05) is 11.5 Å². The number of carbonyl (C=O) groups is 2. The second-order valence-corrected chi connectivity index (χ2v) is 13.0. The predicted molar refractivity (Wildman–Crippen MR) is 163 cm³/mol. The van der Waals surface area contributed by atoms with E-state index in [1.54, 1.807) is 36.5 Å². The Hall–Kier alpha value is -4.51. The van der Waals surface area contributed by atoms with Crippen molar-refractivity contribution in [3.05, 3.63) is 94.8 Å².